The molecule has 0 radical (unpaired) electrons. The molecular formula is C24H25NO. The summed E-state index contributed by atoms with van der Waals surface area (Å²) in [6, 6.07) is 21.4. The minimum absolute atomic E-state index is 0.185. The van der Waals surface area contributed by atoms with E-state index in [9.17, 15) is 4.79 Å². The molecule has 2 heterocycles. The van der Waals surface area contributed by atoms with Gasteiger partial charge in [-0.25, -0.2) is 0 Å². The minimum Gasteiger partial charge on any atom is -0.335 e. The summed E-state index contributed by atoms with van der Waals surface area (Å²) in [7, 11) is 0. The van der Waals surface area contributed by atoms with Gasteiger partial charge in [-0.1, -0.05) is 71.8 Å². The molecule has 2 saturated heterocycles. The molecule has 1 aliphatic carbocycles. The summed E-state index contributed by atoms with van der Waals surface area (Å²) < 4.78 is 0. The summed E-state index contributed by atoms with van der Waals surface area (Å²) in [5.41, 5.74) is 5.58. The van der Waals surface area contributed by atoms with E-state index in [1.807, 2.05) is 36.4 Å². The van der Waals surface area contributed by atoms with Crippen molar-refractivity contribution < 1.29 is 4.79 Å². The zero-order valence-electron chi connectivity index (χ0n) is 15.1. The molecule has 2 atom stereocenters. The lowest BCUT2D eigenvalue weighted by atomic mass is 9.87. The Labute approximate surface area is 155 Å². The molecule has 2 aromatic rings. The molecule has 5 rings (SSSR count). The first-order valence-electron chi connectivity index (χ1n) is 9.93. The molecule has 3 aliphatic rings. The maximum atomic E-state index is 13.8. The Hall–Kier alpha value is -2.35. The predicted molar refractivity (Wildman–Crippen MR) is 104 cm³/mol. The Balaban J connectivity index is 1.49. The van der Waals surface area contributed by atoms with Crippen molar-refractivity contribution in [2.24, 2.45) is 0 Å². The van der Waals surface area contributed by atoms with Gasteiger partial charge >= 0.3 is 0 Å². The minimum atomic E-state index is -0.185. The highest BCUT2D eigenvalue weighted by molar-refractivity contribution is 5.88. The van der Waals surface area contributed by atoms with Crippen LogP contribution in [0.3, 0.4) is 0 Å². The van der Waals surface area contributed by atoms with Crippen LogP contribution in [0, 0.1) is 0 Å². The van der Waals surface area contributed by atoms with Gasteiger partial charge in [0.15, 0.2) is 0 Å². The summed E-state index contributed by atoms with van der Waals surface area (Å²) >= 11 is 0. The third-order valence-electron chi connectivity index (χ3n) is 6.35. The normalized spacial score (nSPS) is 24.3. The van der Waals surface area contributed by atoms with Crippen LogP contribution in [0.2, 0.25) is 0 Å². The van der Waals surface area contributed by atoms with Crippen LogP contribution < -0.4 is 0 Å². The van der Waals surface area contributed by atoms with Gasteiger partial charge in [-0.2, -0.15) is 0 Å². The number of fused-ring (bicyclic) bond motifs is 2. The summed E-state index contributed by atoms with van der Waals surface area (Å²) in [4.78, 5) is 16.0. The standard InChI is InChI=1S/C24H25NO/c26-24(25-21-13-14-22(25)16-20(15-21)17-11-12-17)23(18-7-3-1-4-8-18)19-9-5-2-6-10-19/h1-10,21-23H,11-16H2. The number of benzene rings is 2. The molecule has 0 N–H and O–H groups in total. The maximum absolute atomic E-state index is 13.8. The first-order chi connectivity index (χ1) is 12.8. The topological polar surface area (TPSA) is 20.3 Å². The number of piperidine rings is 1. The van der Waals surface area contributed by atoms with E-state index >= 15 is 0 Å². The fourth-order valence-electron chi connectivity index (χ4n) is 5.00. The molecule has 2 aromatic carbocycles. The lowest BCUT2D eigenvalue weighted by molar-refractivity contribution is -0.135. The molecule has 2 heteroatoms. The van der Waals surface area contributed by atoms with E-state index in [0.717, 1.165) is 24.0 Å². The molecule has 3 fully saturated rings. The maximum Gasteiger partial charge on any atom is 0.235 e. The Kier molecular flexibility index (Phi) is 3.92. The van der Waals surface area contributed by atoms with E-state index in [-0.39, 0.29) is 5.92 Å². The molecule has 1 amide bonds. The third-order valence-corrected chi connectivity index (χ3v) is 6.35. The number of amides is 1. The van der Waals surface area contributed by atoms with Crippen LogP contribution in [-0.4, -0.2) is 22.9 Å². The van der Waals surface area contributed by atoms with Crippen molar-refractivity contribution in [3.8, 4) is 0 Å². The second-order valence-electron chi connectivity index (χ2n) is 8.00. The molecule has 2 bridgehead atoms. The largest absolute Gasteiger partial charge is 0.335 e. The quantitative estimate of drug-likeness (QED) is 0.713. The molecule has 132 valence electrons. The summed E-state index contributed by atoms with van der Waals surface area (Å²) in [5, 5.41) is 0. The van der Waals surface area contributed by atoms with Crippen molar-refractivity contribution in [1.82, 2.24) is 4.90 Å². The molecule has 2 unspecified atom stereocenters. The first-order valence-corrected chi connectivity index (χ1v) is 9.93. The van der Waals surface area contributed by atoms with Gasteiger partial charge < -0.3 is 4.90 Å². The number of hydrogen-bond acceptors (Lipinski definition) is 1. The third kappa shape index (κ3) is 2.78. The van der Waals surface area contributed by atoms with Crippen molar-refractivity contribution in [3.63, 3.8) is 0 Å². The summed E-state index contributed by atoms with van der Waals surface area (Å²) in [5.74, 6) is 0.116. The lowest BCUT2D eigenvalue weighted by Crippen LogP contribution is -2.47. The van der Waals surface area contributed by atoms with Gasteiger partial charge in [0, 0.05) is 12.1 Å². The summed E-state index contributed by atoms with van der Waals surface area (Å²) in [6.45, 7) is 0. The second-order valence-corrected chi connectivity index (χ2v) is 8.00. The van der Waals surface area contributed by atoms with E-state index < -0.39 is 0 Å². The Morgan fingerprint density at radius 2 is 1.27 bits per heavy atom. The van der Waals surface area contributed by atoms with Gasteiger partial charge in [-0.15, -0.1) is 0 Å². The number of allylic oxidation sites excluding steroid dienone is 1. The van der Waals surface area contributed by atoms with Crippen LogP contribution in [0.1, 0.15) is 55.6 Å². The van der Waals surface area contributed by atoms with E-state index in [2.05, 4.69) is 29.2 Å². The van der Waals surface area contributed by atoms with Gasteiger partial charge in [0.05, 0.1) is 5.92 Å². The Morgan fingerprint density at radius 3 is 1.73 bits per heavy atom. The Bertz CT molecular complexity index is 778. The van der Waals surface area contributed by atoms with Crippen LogP contribution in [0.15, 0.2) is 71.8 Å². The smallest absolute Gasteiger partial charge is 0.235 e. The highest BCUT2D eigenvalue weighted by Gasteiger charge is 2.44. The van der Waals surface area contributed by atoms with Crippen molar-refractivity contribution in [2.75, 3.05) is 0 Å². The van der Waals surface area contributed by atoms with Crippen molar-refractivity contribution in [3.05, 3.63) is 82.9 Å². The van der Waals surface area contributed by atoms with Crippen LogP contribution in [0.25, 0.3) is 0 Å². The second kappa shape index (κ2) is 6.42. The van der Waals surface area contributed by atoms with Crippen LogP contribution >= 0.6 is 0 Å². The average Bonchev–Trinajstić information content (AvgIpc) is 3.49. The molecule has 0 aromatic heterocycles. The van der Waals surface area contributed by atoms with Gasteiger partial charge in [0.25, 0.3) is 0 Å². The first kappa shape index (κ1) is 15.9. The number of carbonyl (C=O) groups is 1. The van der Waals surface area contributed by atoms with Crippen molar-refractivity contribution in [2.45, 2.75) is 56.5 Å². The fraction of sp³-hybridized carbons (Fsp3) is 0.375. The summed E-state index contributed by atoms with van der Waals surface area (Å²) in [6.07, 6.45) is 7.19. The monoisotopic (exact) mass is 343 g/mol. The van der Waals surface area contributed by atoms with Gasteiger partial charge in [-0.05, 0) is 49.7 Å². The van der Waals surface area contributed by atoms with Crippen LogP contribution in [-0.2, 0) is 4.79 Å². The highest BCUT2D eigenvalue weighted by atomic mass is 16.2. The number of hydrogen-bond donors (Lipinski definition) is 0. The SMILES string of the molecule is O=C(C(c1ccccc1)c1ccccc1)N1C2CCC1CC(=C1CC1)C2. The highest BCUT2D eigenvalue weighted by Crippen LogP contribution is 2.46. The molecule has 2 aliphatic heterocycles. The molecule has 26 heavy (non-hydrogen) atoms. The Morgan fingerprint density at radius 1 is 0.769 bits per heavy atom. The van der Waals surface area contributed by atoms with Crippen LogP contribution in [0.5, 0.6) is 0 Å². The van der Waals surface area contributed by atoms with E-state index in [0.29, 0.717) is 18.0 Å². The fourth-order valence-corrected chi connectivity index (χ4v) is 5.00. The van der Waals surface area contributed by atoms with E-state index in [1.54, 1.807) is 11.1 Å². The number of carbonyl (C=O) groups excluding carboxylic acids is 1. The zero-order chi connectivity index (χ0) is 17.5. The van der Waals surface area contributed by atoms with Gasteiger partial charge in [0.2, 0.25) is 5.91 Å². The number of rotatable bonds is 3. The van der Waals surface area contributed by atoms with E-state index in [1.165, 1.54) is 25.7 Å². The molecular weight excluding hydrogens is 318 g/mol. The molecule has 1 saturated carbocycles. The molecule has 2 nitrogen and oxygen atoms in total. The van der Waals surface area contributed by atoms with Crippen molar-refractivity contribution in [1.29, 1.82) is 0 Å². The lowest BCUT2D eigenvalue weighted by Gasteiger charge is -2.38. The van der Waals surface area contributed by atoms with E-state index in [4.69, 9.17) is 0 Å². The predicted octanol–water partition coefficient (Wildman–Crippen LogP) is 5.06. The average molecular weight is 343 g/mol. The molecule has 0 spiro atoms. The van der Waals surface area contributed by atoms with Gasteiger partial charge in [-0.3, -0.25) is 4.79 Å². The van der Waals surface area contributed by atoms with Crippen LogP contribution in [0.4, 0.5) is 0 Å². The van der Waals surface area contributed by atoms with Gasteiger partial charge in [0.1, 0.15) is 0 Å². The zero-order valence-corrected chi connectivity index (χ0v) is 15.1. The van der Waals surface area contributed by atoms with Crippen molar-refractivity contribution >= 4 is 5.91 Å². The number of nitrogens with zero attached hydrogens (tertiary/aromatic N) is 1.